The van der Waals surface area contributed by atoms with Gasteiger partial charge < -0.3 is 25.7 Å². The highest BCUT2D eigenvalue weighted by Crippen LogP contribution is 2.28. The number of hydrogen-bond acceptors (Lipinski definition) is 7. The maximum atomic E-state index is 12.6. The molecular formula is C32H42N2O5. The molecule has 7 heteroatoms. The zero-order chi connectivity index (χ0) is 27.9. The molecule has 2 aromatic rings. The van der Waals surface area contributed by atoms with Gasteiger partial charge in [-0.15, -0.1) is 6.58 Å². The van der Waals surface area contributed by atoms with Crippen molar-refractivity contribution < 1.29 is 23.8 Å². The van der Waals surface area contributed by atoms with Crippen LogP contribution in [0.25, 0.3) is 6.08 Å². The zero-order valence-electron chi connectivity index (χ0n) is 22.8. The van der Waals surface area contributed by atoms with Gasteiger partial charge in [0.05, 0.1) is 18.6 Å². The second-order valence-electron chi connectivity index (χ2n) is 10.0. The Hall–Kier alpha value is -3.58. The predicted octanol–water partition coefficient (Wildman–Crippen LogP) is 6.27. The predicted molar refractivity (Wildman–Crippen MR) is 156 cm³/mol. The molecule has 0 amide bonds. The third kappa shape index (κ3) is 11.0. The quantitative estimate of drug-likeness (QED) is 0.0691. The smallest absolute Gasteiger partial charge is 0.330 e. The summed E-state index contributed by atoms with van der Waals surface area (Å²) in [4.78, 5) is 24.7. The van der Waals surface area contributed by atoms with Crippen LogP contribution in [-0.4, -0.2) is 31.3 Å². The fraction of sp³-hybridized carbons (Fsp3) is 0.438. The molecule has 3 rings (SSSR count). The molecule has 1 fully saturated rings. The Balaban J connectivity index is 1.31. The lowest BCUT2D eigenvalue weighted by Crippen LogP contribution is -2.29. The molecule has 0 saturated heterocycles. The lowest BCUT2D eigenvalue weighted by Gasteiger charge is -2.27. The minimum absolute atomic E-state index is 0.0957. The summed E-state index contributed by atoms with van der Waals surface area (Å²) in [6.07, 6.45) is 14.9. The SMILES string of the molecule is C=CCCCCCCOC1CCC(C(=O)Oc2ccc(/C=C/C(=O)OCCc3ccc(N)cc3N)cc2)CC1. The van der Waals surface area contributed by atoms with Crippen molar-refractivity contribution >= 4 is 29.4 Å². The number of benzene rings is 2. The van der Waals surface area contributed by atoms with Gasteiger partial charge in [-0.3, -0.25) is 4.79 Å². The van der Waals surface area contributed by atoms with Gasteiger partial charge in [0.1, 0.15) is 5.75 Å². The third-order valence-corrected chi connectivity index (χ3v) is 6.96. The van der Waals surface area contributed by atoms with Crippen LogP contribution in [0.15, 0.2) is 61.2 Å². The highest BCUT2D eigenvalue weighted by Gasteiger charge is 2.28. The second-order valence-corrected chi connectivity index (χ2v) is 10.0. The van der Waals surface area contributed by atoms with Crippen molar-refractivity contribution in [3.8, 4) is 5.75 Å². The average molecular weight is 535 g/mol. The van der Waals surface area contributed by atoms with Crippen molar-refractivity contribution in [1.82, 2.24) is 0 Å². The molecule has 0 aliphatic heterocycles. The molecule has 0 aromatic heterocycles. The van der Waals surface area contributed by atoms with E-state index in [2.05, 4.69) is 6.58 Å². The first kappa shape index (κ1) is 30.0. The van der Waals surface area contributed by atoms with Gasteiger partial charge in [-0.05, 0) is 86.4 Å². The number of esters is 2. The van der Waals surface area contributed by atoms with E-state index in [0.717, 1.165) is 56.3 Å². The molecule has 0 atom stereocenters. The van der Waals surface area contributed by atoms with E-state index in [1.54, 1.807) is 42.5 Å². The van der Waals surface area contributed by atoms with E-state index >= 15 is 0 Å². The second kappa shape index (κ2) is 16.4. The number of allylic oxidation sites excluding steroid dienone is 1. The molecule has 1 aliphatic rings. The molecule has 210 valence electrons. The lowest BCUT2D eigenvalue weighted by atomic mass is 9.87. The first-order valence-corrected chi connectivity index (χ1v) is 14.0. The summed E-state index contributed by atoms with van der Waals surface area (Å²) in [5.41, 5.74) is 14.5. The van der Waals surface area contributed by atoms with Crippen LogP contribution >= 0.6 is 0 Å². The number of hydrogen-bond donors (Lipinski definition) is 2. The maximum Gasteiger partial charge on any atom is 0.330 e. The fourth-order valence-corrected chi connectivity index (χ4v) is 4.62. The molecule has 0 heterocycles. The van der Waals surface area contributed by atoms with Crippen LogP contribution in [-0.2, 0) is 25.5 Å². The molecule has 0 radical (unpaired) electrons. The Morgan fingerprint density at radius 2 is 1.67 bits per heavy atom. The molecule has 1 aliphatic carbocycles. The van der Waals surface area contributed by atoms with Gasteiger partial charge in [-0.2, -0.15) is 0 Å². The molecule has 7 nitrogen and oxygen atoms in total. The zero-order valence-corrected chi connectivity index (χ0v) is 22.8. The maximum absolute atomic E-state index is 12.6. The lowest BCUT2D eigenvalue weighted by molar-refractivity contribution is -0.141. The standard InChI is InChI=1S/C32H42N2O5/c1-2-3-4-5-6-7-21-37-28-17-12-26(13-18-28)32(36)39-29-15-8-24(9-16-29)10-19-31(35)38-22-20-25-11-14-27(33)23-30(25)34/h2,8-11,14-16,19,23,26,28H,1,3-7,12-13,17-18,20-22,33-34H2/b19-10+. The van der Waals surface area contributed by atoms with Crippen LogP contribution in [0.3, 0.4) is 0 Å². The molecule has 0 spiro atoms. The van der Waals surface area contributed by atoms with Crippen LogP contribution in [0.1, 0.15) is 68.9 Å². The molecule has 0 bridgehead atoms. The van der Waals surface area contributed by atoms with Crippen molar-refractivity contribution in [2.24, 2.45) is 5.92 Å². The number of rotatable bonds is 15. The molecule has 4 N–H and O–H groups in total. The van der Waals surface area contributed by atoms with E-state index in [4.69, 9.17) is 25.7 Å². The van der Waals surface area contributed by atoms with Crippen molar-refractivity contribution in [3.05, 3.63) is 72.3 Å². The van der Waals surface area contributed by atoms with Gasteiger partial charge >= 0.3 is 11.9 Å². The van der Waals surface area contributed by atoms with Crippen molar-refractivity contribution in [1.29, 1.82) is 0 Å². The van der Waals surface area contributed by atoms with Gasteiger partial charge in [0.15, 0.2) is 0 Å². The summed E-state index contributed by atoms with van der Waals surface area (Å²) in [5.74, 6) is -0.232. The Morgan fingerprint density at radius 3 is 2.38 bits per heavy atom. The minimum Gasteiger partial charge on any atom is -0.462 e. The Labute approximate surface area is 232 Å². The highest BCUT2D eigenvalue weighted by atomic mass is 16.5. The molecular weight excluding hydrogens is 492 g/mol. The van der Waals surface area contributed by atoms with E-state index in [1.807, 2.05) is 12.1 Å². The number of anilines is 2. The number of ether oxygens (including phenoxy) is 3. The topological polar surface area (TPSA) is 114 Å². The third-order valence-electron chi connectivity index (χ3n) is 6.96. The van der Waals surface area contributed by atoms with Crippen LogP contribution in [0, 0.1) is 5.92 Å². The highest BCUT2D eigenvalue weighted by molar-refractivity contribution is 5.87. The fourth-order valence-electron chi connectivity index (χ4n) is 4.62. The molecule has 0 unspecified atom stereocenters. The summed E-state index contributed by atoms with van der Waals surface area (Å²) in [7, 11) is 0. The van der Waals surface area contributed by atoms with E-state index in [1.165, 1.54) is 25.3 Å². The monoisotopic (exact) mass is 534 g/mol. The number of nitrogen functional groups attached to an aromatic ring is 2. The average Bonchev–Trinajstić information content (AvgIpc) is 2.93. The summed E-state index contributed by atoms with van der Waals surface area (Å²) in [6, 6.07) is 12.3. The summed E-state index contributed by atoms with van der Waals surface area (Å²) >= 11 is 0. The van der Waals surface area contributed by atoms with Crippen LogP contribution < -0.4 is 16.2 Å². The first-order chi connectivity index (χ1) is 18.9. The summed E-state index contributed by atoms with van der Waals surface area (Å²) < 4.78 is 16.9. The van der Waals surface area contributed by atoms with E-state index in [9.17, 15) is 9.59 Å². The first-order valence-electron chi connectivity index (χ1n) is 14.0. The summed E-state index contributed by atoms with van der Waals surface area (Å²) in [6.45, 7) is 4.77. The van der Waals surface area contributed by atoms with E-state index < -0.39 is 5.97 Å². The Bertz CT molecular complexity index is 1090. The van der Waals surface area contributed by atoms with Gasteiger partial charge in [0.25, 0.3) is 0 Å². The molecule has 2 aromatic carbocycles. The van der Waals surface area contributed by atoms with E-state index in [-0.39, 0.29) is 24.6 Å². The number of carbonyl (C=O) groups excluding carboxylic acids is 2. The number of carbonyl (C=O) groups is 2. The molecule has 1 saturated carbocycles. The van der Waals surface area contributed by atoms with Crippen molar-refractivity contribution in [3.63, 3.8) is 0 Å². The molecule has 39 heavy (non-hydrogen) atoms. The summed E-state index contributed by atoms with van der Waals surface area (Å²) in [5, 5.41) is 0. The van der Waals surface area contributed by atoms with Gasteiger partial charge in [0.2, 0.25) is 0 Å². The normalized spacial score (nSPS) is 17.1. The van der Waals surface area contributed by atoms with E-state index in [0.29, 0.717) is 23.5 Å². The Morgan fingerprint density at radius 1 is 0.923 bits per heavy atom. The van der Waals surface area contributed by atoms with Crippen LogP contribution in [0.2, 0.25) is 0 Å². The largest absolute Gasteiger partial charge is 0.462 e. The number of unbranched alkanes of at least 4 members (excludes halogenated alkanes) is 4. The van der Waals surface area contributed by atoms with Gasteiger partial charge in [0, 0.05) is 30.5 Å². The van der Waals surface area contributed by atoms with Crippen molar-refractivity contribution in [2.75, 3.05) is 24.7 Å². The minimum atomic E-state index is -0.442. The van der Waals surface area contributed by atoms with Crippen molar-refractivity contribution in [2.45, 2.75) is 70.3 Å². The number of nitrogens with two attached hydrogens (primary N) is 2. The van der Waals surface area contributed by atoms with Gasteiger partial charge in [-0.1, -0.05) is 37.1 Å². The Kier molecular flexibility index (Phi) is 12.6. The van der Waals surface area contributed by atoms with Gasteiger partial charge in [-0.25, -0.2) is 4.79 Å². The van der Waals surface area contributed by atoms with Crippen LogP contribution in [0.5, 0.6) is 5.75 Å². The van der Waals surface area contributed by atoms with Crippen LogP contribution in [0.4, 0.5) is 11.4 Å².